The van der Waals surface area contributed by atoms with Crippen LogP contribution in [0, 0.1) is 59.2 Å². The van der Waals surface area contributed by atoms with Crippen molar-refractivity contribution in [1.29, 1.82) is 0 Å². The van der Waals surface area contributed by atoms with E-state index in [1.54, 1.807) is 0 Å². The van der Waals surface area contributed by atoms with Gasteiger partial charge in [0, 0.05) is 11.5 Å². The number of carbonyl (C=O) groups is 2. The normalized spacial score (nSPS) is 48.3. The monoisotopic (exact) mass is 428 g/mol. The molecule has 8 fully saturated rings. The Morgan fingerprint density at radius 2 is 1.45 bits per heavy atom. The van der Waals surface area contributed by atoms with Crippen LogP contribution in [-0.4, -0.2) is 34.6 Å². The lowest BCUT2D eigenvalue weighted by atomic mass is 9.58. The molecule has 1 aromatic rings. The first kappa shape index (κ1) is 17.5. The Bertz CT molecular complexity index is 871. The third-order valence-corrected chi connectivity index (χ3v) is 12.7. The van der Waals surface area contributed by atoms with Crippen molar-refractivity contribution in [2.24, 2.45) is 59.2 Å². The van der Waals surface area contributed by atoms with Gasteiger partial charge in [-0.3, -0.25) is 9.59 Å². The van der Waals surface area contributed by atoms with Crippen molar-refractivity contribution < 1.29 is 19.1 Å². The molecule has 0 aromatic heterocycles. The van der Waals surface area contributed by atoms with Gasteiger partial charge in [0.05, 0.1) is 23.0 Å². The zero-order valence-electron chi connectivity index (χ0n) is 16.2. The molecule has 8 aliphatic rings. The maximum atomic E-state index is 13.3. The maximum absolute atomic E-state index is 13.3. The zero-order chi connectivity index (χ0) is 19.5. The van der Waals surface area contributed by atoms with Gasteiger partial charge in [0.1, 0.15) is 6.61 Å². The molecule has 8 bridgehead atoms. The quantitative estimate of drug-likeness (QED) is 0.686. The topological polar surface area (TPSA) is 52.6 Å². The number of rotatable bonds is 4. The standard InChI is InChI=1S/C23H24O4S2/c1-26-21(24)17-11-13-15-12(18(17)22(25)27-9-10-5-3-2-4-6-10)16-14(11)20(16)23(19(13)15)28-7-8-29-23/h2-6,11-20H,7-9H2,1H3/t11?,12?,13?,14?,15?,16?,17?,18-,19?,20?/m0/s1. The summed E-state index contributed by atoms with van der Waals surface area (Å²) in [4.78, 5) is 26.2. The Morgan fingerprint density at radius 1 is 0.897 bits per heavy atom. The van der Waals surface area contributed by atoms with Gasteiger partial charge in [0.25, 0.3) is 0 Å². The van der Waals surface area contributed by atoms with Crippen LogP contribution in [0.5, 0.6) is 0 Å². The summed E-state index contributed by atoms with van der Waals surface area (Å²) in [6.45, 7) is 0.284. The van der Waals surface area contributed by atoms with E-state index in [0.717, 1.165) is 5.56 Å². The Kier molecular flexibility index (Phi) is 3.48. The van der Waals surface area contributed by atoms with Crippen LogP contribution in [-0.2, 0) is 25.7 Å². The second kappa shape index (κ2) is 5.76. The average molecular weight is 429 g/mol. The second-order valence-electron chi connectivity index (χ2n) is 9.60. The lowest BCUT2D eigenvalue weighted by molar-refractivity contribution is -0.173. The van der Waals surface area contributed by atoms with Crippen molar-refractivity contribution in [1.82, 2.24) is 0 Å². The van der Waals surface area contributed by atoms with Gasteiger partial charge < -0.3 is 9.47 Å². The largest absolute Gasteiger partial charge is 0.469 e. The van der Waals surface area contributed by atoms with Crippen molar-refractivity contribution in [3.63, 3.8) is 0 Å². The molecule has 1 heterocycles. The molecule has 1 spiro atoms. The summed E-state index contributed by atoms with van der Waals surface area (Å²) < 4.78 is 11.4. The van der Waals surface area contributed by atoms with E-state index in [-0.39, 0.29) is 30.4 Å². The van der Waals surface area contributed by atoms with Gasteiger partial charge in [-0.25, -0.2) is 0 Å². The van der Waals surface area contributed by atoms with E-state index >= 15 is 0 Å². The third-order valence-electron chi connectivity index (χ3n) is 8.90. The van der Waals surface area contributed by atoms with Crippen LogP contribution in [0.1, 0.15) is 5.56 Å². The highest BCUT2D eigenvalue weighted by atomic mass is 32.2. The van der Waals surface area contributed by atoms with Crippen molar-refractivity contribution in [2.75, 3.05) is 18.6 Å². The summed E-state index contributed by atoms with van der Waals surface area (Å²) in [5, 5.41) is 0. The molecule has 0 radical (unpaired) electrons. The first-order chi connectivity index (χ1) is 14.2. The smallest absolute Gasteiger partial charge is 0.310 e. The first-order valence-electron chi connectivity index (χ1n) is 10.8. The Balaban J connectivity index is 1.21. The Morgan fingerprint density at radius 3 is 2.00 bits per heavy atom. The number of hydrogen-bond donors (Lipinski definition) is 0. The lowest BCUT2D eigenvalue weighted by Crippen LogP contribution is -2.51. The molecule has 0 N–H and O–H groups in total. The molecule has 1 aromatic carbocycles. The number of fused-ring (bicyclic) bond motifs is 1. The second-order valence-corrected chi connectivity index (χ2v) is 12.6. The van der Waals surface area contributed by atoms with Gasteiger partial charge in [-0.05, 0) is 52.9 Å². The molecule has 1 aliphatic heterocycles. The minimum Gasteiger partial charge on any atom is -0.469 e. The Hall–Kier alpha value is -1.14. The van der Waals surface area contributed by atoms with Gasteiger partial charge in [0.2, 0.25) is 0 Å². The molecular formula is C23H24O4S2. The highest BCUT2D eigenvalue weighted by Crippen LogP contribution is 2.93. The molecular weight excluding hydrogens is 404 g/mol. The lowest BCUT2D eigenvalue weighted by Gasteiger charge is -2.44. The highest BCUT2D eigenvalue weighted by molar-refractivity contribution is 8.21. The van der Waals surface area contributed by atoms with E-state index in [1.807, 2.05) is 30.3 Å². The summed E-state index contributed by atoms with van der Waals surface area (Å²) in [5.41, 5.74) is 0.991. The fourth-order valence-corrected chi connectivity index (χ4v) is 12.5. The van der Waals surface area contributed by atoms with E-state index in [4.69, 9.17) is 9.47 Å². The Labute approximate surface area is 178 Å². The van der Waals surface area contributed by atoms with Crippen molar-refractivity contribution >= 4 is 35.5 Å². The average Bonchev–Trinajstić information content (AvgIpc) is 3.66. The SMILES string of the molecule is COC(=O)C1C2C3C4C(C5C2C5C2(SCCS2)C34)[C@@H]1C(=O)OCc1ccccc1. The molecule has 7 unspecified atom stereocenters. The third kappa shape index (κ3) is 2.01. The number of benzene rings is 1. The fourth-order valence-electron chi connectivity index (χ4n) is 8.34. The van der Waals surface area contributed by atoms with Crippen LogP contribution >= 0.6 is 23.5 Å². The van der Waals surface area contributed by atoms with Gasteiger partial charge in [0.15, 0.2) is 0 Å². The minimum absolute atomic E-state index is 0.171. The summed E-state index contributed by atoms with van der Waals surface area (Å²) in [7, 11) is 1.47. The summed E-state index contributed by atoms with van der Waals surface area (Å²) >= 11 is 4.39. The van der Waals surface area contributed by atoms with E-state index in [9.17, 15) is 9.59 Å². The number of ether oxygens (including phenoxy) is 2. The summed E-state index contributed by atoms with van der Waals surface area (Å²) in [6.07, 6.45) is 0. The van der Waals surface area contributed by atoms with Crippen LogP contribution in [0.25, 0.3) is 0 Å². The van der Waals surface area contributed by atoms with Crippen LogP contribution in [0.3, 0.4) is 0 Å². The molecule has 7 saturated carbocycles. The maximum Gasteiger partial charge on any atom is 0.310 e. The van der Waals surface area contributed by atoms with Gasteiger partial charge in [-0.2, -0.15) is 0 Å². The predicted molar refractivity (Wildman–Crippen MR) is 111 cm³/mol. The van der Waals surface area contributed by atoms with Crippen LogP contribution < -0.4 is 0 Å². The van der Waals surface area contributed by atoms with E-state index < -0.39 is 0 Å². The van der Waals surface area contributed by atoms with E-state index in [2.05, 4.69) is 23.5 Å². The molecule has 29 heavy (non-hydrogen) atoms. The van der Waals surface area contributed by atoms with Crippen molar-refractivity contribution in [3.8, 4) is 0 Å². The first-order valence-corrected chi connectivity index (χ1v) is 12.7. The molecule has 6 heteroatoms. The van der Waals surface area contributed by atoms with Crippen molar-refractivity contribution in [3.05, 3.63) is 35.9 Å². The molecule has 7 aliphatic carbocycles. The zero-order valence-corrected chi connectivity index (χ0v) is 17.9. The predicted octanol–water partition coefficient (Wildman–Crippen LogP) is 3.31. The van der Waals surface area contributed by atoms with Gasteiger partial charge >= 0.3 is 11.9 Å². The van der Waals surface area contributed by atoms with Crippen molar-refractivity contribution in [2.45, 2.75) is 10.7 Å². The van der Waals surface area contributed by atoms with Crippen LogP contribution in [0.15, 0.2) is 30.3 Å². The highest BCUT2D eigenvalue weighted by Gasteiger charge is 2.92. The number of thioether (sulfide) groups is 2. The fraction of sp³-hybridized carbons (Fsp3) is 0.652. The molecule has 152 valence electrons. The van der Waals surface area contributed by atoms with Crippen LogP contribution in [0.4, 0.5) is 0 Å². The molecule has 4 nitrogen and oxygen atoms in total. The molecule has 8 atom stereocenters. The molecule has 0 amide bonds. The van der Waals surface area contributed by atoms with Crippen LogP contribution in [0.2, 0.25) is 0 Å². The number of hydrogen-bond acceptors (Lipinski definition) is 6. The van der Waals surface area contributed by atoms with E-state index in [1.165, 1.54) is 18.6 Å². The number of esters is 2. The number of carbonyl (C=O) groups excluding carboxylic acids is 2. The number of methoxy groups -OCH3 is 1. The minimum atomic E-state index is -0.303. The van der Waals surface area contributed by atoms with Gasteiger partial charge in [-0.15, -0.1) is 23.5 Å². The molecule has 1 saturated heterocycles. The molecule has 9 rings (SSSR count). The summed E-state index contributed by atoms with van der Waals surface area (Å²) in [5.74, 6) is 6.20. The van der Waals surface area contributed by atoms with Gasteiger partial charge in [-0.1, -0.05) is 30.3 Å². The summed E-state index contributed by atoms with van der Waals surface area (Å²) in [6, 6.07) is 9.81. The van der Waals surface area contributed by atoms with E-state index in [0.29, 0.717) is 51.4 Å².